The molecule has 1 unspecified atom stereocenters. The van der Waals surface area contributed by atoms with E-state index in [1.165, 1.54) is 29.2 Å². The largest absolute Gasteiger partial charge is 0.357 e. The Labute approximate surface area is 197 Å². The van der Waals surface area contributed by atoms with Gasteiger partial charge in [-0.3, -0.25) is 29.9 Å². The fourth-order valence-corrected chi connectivity index (χ4v) is 4.20. The molecule has 0 aliphatic carbocycles. The smallest absolute Gasteiger partial charge is 0.276 e. The van der Waals surface area contributed by atoms with Crippen LogP contribution in [0.25, 0.3) is 6.08 Å². The van der Waals surface area contributed by atoms with E-state index in [9.17, 15) is 25.0 Å². The van der Waals surface area contributed by atoms with Gasteiger partial charge in [0.05, 0.1) is 31.1 Å². The first-order chi connectivity index (χ1) is 15.8. The number of non-ortho nitro benzene ring substituents is 1. The molecule has 11 heteroatoms. The van der Waals surface area contributed by atoms with Gasteiger partial charge in [0.1, 0.15) is 11.9 Å². The third kappa shape index (κ3) is 4.23. The minimum Gasteiger partial charge on any atom is -0.357 e. The quantitative estimate of drug-likeness (QED) is 0.290. The Kier molecular flexibility index (Phi) is 5.99. The van der Waals surface area contributed by atoms with E-state index in [2.05, 4.69) is 5.32 Å². The summed E-state index contributed by atoms with van der Waals surface area (Å²) in [6, 6.07) is 17.1. The molecule has 3 aromatic carbocycles. The number of hydrogen-bond donors (Lipinski definition) is 1. The van der Waals surface area contributed by atoms with Gasteiger partial charge in [-0.25, -0.2) is 0 Å². The molecular formula is C22H14Cl2N4O5. The highest BCUT2D eigenvalue weighted by molar-refractivity contribution is 6.40. The molecule has 0 spiro atoms. The molecule has 3 aromatic rings. The van der Waals surface area contributed by atoms with E-state index in [1.54, 1.807) is 36.4 Å². The summed E-state index contributed by atoms with van der Waals surface area (Å²) in [5.74, 6) is -0.556. The second-order valence-corrected chi connectivity index (χ2v) is 7.84. The molecular weight excluding hydrogens is 471 g/mol. The Morgan fingerprint density at radius 2 is 1.52 bits per heavy atom. The first kappa shape index (κ1) is 22.3. The lowest BCUT2D eigenvalue weighted by Gasteiger charge is -2.25. The SMILES string of the molecule is O=C1/C(=C/c2ccccc2[N+](=O)[O-])NC(c2ccccc2)N1c1c(Cl)cc([N+](=O)[O-])cc1Cl. The van der Waals surface area contributed by atoms with Crippen LogP contribution in [-0.2, 0) is 4.79 Å². The Balaban J connectivity index is 1.86. The van der Waals surface area contributed by atoms with Crippen LogP contribution in [-0.4, -0.2) is 15.8 Å². The fourth-order valence-electron chi connectivity index (χ4n) is 3.54. The minimum atomic E-state index is -0.760. The highest BCUT2D eigenvalue weighted by Crippen LogP contribution is 2.43. The topological polar surface area (TPSA) is 119 Å². The van der Waals surface area contributed by atoms with Crippen molar-refractivity contribution in [3.05, 3.63) is 114 Å². The van der Waals surface area contributed by atoms with Crippen LogP contribution < -0.4 is 10.2 Å². The molecule has 9 nitrogen and oxygen atoms in total. The van der Waals surface area contributed by atoms with Gasteiger partial charge in [-0.2, -0.15) is 0 Å². The van der Waals surface area contributed by atoms with E-state index >= 15 is 0 Å². The second-order valence-electron chi connectivity index (χ2n) is 7.02. The van der Waals surface area contributed by atoms with Gasteiger partial charge < -0.3 is 5.32 Å². The lowest BCUT2D eigenvalue weighted by Crippen LogP contribution is -2.30. The van der Waals surface area contributed by atoms with Crippen LogP contribution in [0, 0.1) is 20.2 Å². The van der Waals surface area contributed by atoms with Crippen molar-refractivity contribution in [3.8, 4) is 0 Å². The maximum absolute atomic E-state index is 13.5. The van der Waals surface area contributed by atoms with Crippen LogP contribution in [0.4, 0.5) is 17.1 Å². The number of carbonyl (C=O) groups excluding carboxylic acids is 1. The molecule has 0 radical (unpaired) electrons. The molecule has 1 heterocycles. The molecule has 1 atom stereocenters. The van der Waals surface area contributed by atoms with Crippen LogP contribution in [0.2, 0.25) is 10.0 Å². The lowest BCUT2D eigenvalue weighted by atomic mass is 10.1. The lowest BCUT2D eigenvalue weighted by molar-refractivity contribution is -0.385. The molecule has 4 rings (SSSR count). The van der Waals surface area contributed by atoms with Gasteiger partial charge in [0, 0.05) is 18.2 Å². The summed E-state index contributed by atoms with van der Waals surface area (Å²) in [6.07, 6.45) is 0.619. The van der Waals surface area contributed by atoms with Crippen molar-refractivity contribution >= 4 is 52.2 Å². The highest BCUT2D eigenvalue weighted by atomic mass is 35.5. The van der Waals surface area contributed by atoms with E-state index in [1.807, 2.05) is 0 Å². The Morgan fingerprint density at radius 3 is 2.12 bits per heavy atom. The van der Waals surface area contributed by atoms with E-state index in [-0.39, 0.29) is 38.4 Å². The van der Waals surface area contributed by atoms with Gasteiger partial charge >= 0.3 is 0 Å². The number of nitro groups is 2. The van der Waals surface area contributed by atoms with Crippen molar-refractivity contribution < 1.29 is 14.6 Å². The third-order valence-corrected chi connectivity index (χ3v) is 5.58. The van der Waals surface area contributed by atoms with Gasteiger partial charge in [-0.1, -0.05) is 65.7 Å². The maximum Gasteiger partial charge on any atom is 0.276 e. The molecule has 166 valence electrons. The number of nitrogens with one attached hydrogen (secondary N) is 1. The summed E-state index contributed by atoms with van der Waals surface area (Å²) in [5, 5.41) is 25.5. The van der Waals surface area contributed by atoms with E-state index in [0.29, 0.717) is 5.56 Å². The van der Waals surface area contributed by atoms with Crippen molar-refractivity contribution in [2.45, 2.75) is 6.17 Å². The monoisotopic (exact) mass is 484 g/mol. The third-order valence-electron chi connectivity index (χ3n) is 5.00. The second kappa shape index (κ2) is 8.89. The van der Waals surface area contributed by atoms with Crippen molar-refractivity contribution in [3.63, 3.8) is 0 Å². The molecule has 0 aromatic heterocycles. The Bertz CT molecular complexity index is 1290. The number of nitrogens with zero attached hydrogens (tertiary/aromatic N) is 3. The van der Waals surface area contributed by atoms with E-state index in [4.69, 9.17) is 23.2 Å². The molecule has 0 bridgehead atoms. The van der Waals surface area contributed by atoms with Crippen LogP contribution in [0.5, 0.6) is 0 Å². The zero-order valence-electron chi connectivity index (χ0n) is 16.6. The Hall–Kier alpha value is -3.95. The van der Waals surface area contributed by atoms with Crippen LogP contribution in [0.3, 0.4) is 0 Å². The summed E-state index contributed by atoms with van der Waals surface area (Å²) < 4.78 is 0. The number of hydrogen-bond acceptors (Lipinski definition) is 6. The van der Waals surface area contributed by atoms with Gasteiger partial charge in [0.15, 0.2) is 0 Å². The average Bonchev–Trinajstić information content (AvgIpc) is 3.10. The molecule has 1 aliphatic heterocycles. The number of benzene rings is 3. The highest BCUT2D eigenvalue weighted by Gasteiger charge is 2.39. The van der Waals surface area contributed by atoms with Crippen molar-refractivity contribution in [1.29, 1.82) is 0 Å². The molecule has 1 N–H and O–H groups in total. The molecule has 0 saturated carbocycles. The number of anilines is 1. The van der Waals surface area contributed by atoms with E-state index in [0.717, 1.165) is 12.1 Å². The standard InChI is InChI=1S/C22H14Cl2N4O5/c23-16-11-15(27(30)31)12-17(24)20(16)26-21(13-6-2-1-3-7-13)25-18(22(26)29)10-14-8-4-5-9-19(14)28(32)33/h1-12,21,25H/b18-10-. The van der Waals surface area contributed by atoms with E-state index < -0.39 is 21.9 Å². The molecule has 1 fully saturated rings. The number of halogens is 2. The summed E-state index contributed by atoms with van der Waals surface area (Å²) in [7, 11) is 0. The van der Waals surface area contributed by atoms with Crippen LogP contribution in [0.15, 0.2) is 72.4 Å². The molecule has 1 aliphatic rings. The number of rotatable bonds is 5. The van der Waals surface area contributed by atoms with Gasteiger partial charge in [0.25, 0.3) is 17.3 Å². The average molecular weight is 485 g/mol. The normalized spacial score (nSPS) is 16.7. The van der Waals surface area contributed by atoms with Crippen molar-refractivity contribution in [1.82, 2.24) is 5.32 Å². The van der Waals surface area contributed by atoms with Gasteiger partial charge in [-0.05, 0) is 17.7 Å². The summed E-state index contributed by atoms with van der Waals surface area (Å²) in [6.45, 7) is 0. The van der Waals surface area contributed by atoms with Crippen molar-refractivity contribution in [2.75, 3.05) is 4.90 Å². The zero-order valence-corrected chi connectivity index (χ0v) is 18.2. The molecule has 1 amide bonds. The number of para-hydroxylation sites is 1. The minimum absolute atomic E-state index is 0.0728. The summed E-state index contributed by atoms with van der Waals surface area (Å²) in [4.78, 5) is 36.1. The molecule has 1 saturated heterocycles. The fraction of sp³-hybridized carbons (Fsp3) is 0.0455. The number of nitro benzene ring substituents is 2. The first-order valence-electron chi connectivity index (χ1n) is 9.51. The van der Waals surface area contributed by atoms with Gasteiger partial charge in [0.2, 0.25) is 0 Å². The zero-order chi connectivity index (χ0) is 23.7. The van der Waals surface area contributed by atoms with Crippen LogP contribution >= 0.6 is 23.2 Å². The first-order valence-corrected chi connectivity index (χ1v) is 10.3. The Morgan fingerprint density at radius 1 is 0.909 bits per heavy atom. The number of carbonyl (C=O) groups is 1. The van der Waals surface area contributed by atoms with Crippen molar-refractivity contribution in [2.24, 2.45) is 0 Å². The predicted octanol–water partition coefficient (Wildman–Crippen LogP) is 5.49. The molecule has 33 heavy (non-hydrogen) atoms. The number of amides is 1. The van der Waals surface area contributed by atoms with Gasteiger partial charge in [-0.15, -0.1) is 0 Å². The van der Waals surface area contributed by atoms with Crippen LogP contribution in [0.1, 0.15) is 17.3 Å². The maximum atomic E-state index is 13.5. The summed E-state index contributed by atoms with van der Waals surface area (Å²) in [5.41, 5.74) is 0.584. The summed E-state index contributed by atoms with van der Waals surface area (Å²) >= 11 is 12.7. The predicted molar refractivity (Wildman–Crippen MR) is 124 cm³/mol.